The highest BCUT2D eigenvalue weighted by atomic mass is 16.5. The van der Waals surface area contributed by atoms with Gasteiger partial charge < -0.3 is 15.0 Å². The zero-order chi connectivity index (χ0) is 19.0. The number of fused-ring (bicyclic) bond motifs is 1. The first-order valence-corrected chi connectivity index (χ1v) is 9.39. The fourth-order valence-electron chi connectivity index (χ4n) is 4.09. The van der Waals surface area contributed by atoms with Crippen molar-refractivity contribution >= 4 is 17.5 Å². The van der Waals surface area contributed by atoms with Crippen LogP contribution in [0.1, 0.15) is 47.8 Å². The number of likely N-dealkylation sites (tertiary alicyclic amines) is 1. The van der Waals surface area contributed by atoms with Crippen LogP contribution in [0.15, 0.2) is 18.2 Å². The lowest BCUT2D eigenvalue weighted by Gasteiger charge is -2.25. The Morgan fingerprint density at radius 2 is 2.19 bits per heavy atom. The van der Waals surface area contributed by atoms with Crippen molar-refractivity contribution in [1.29, 1.82) is 0 Å². The molecule has 2 amide bonds. The Kier molecular flexibility index (Phi) is 4.59. The number of nitrogens with zero attached hydrogens (tertiary/aromatic N) is 2. The summed E-state index contributed by atoms with van der Waals surface area (Å²) in [6, 6.07) is 5.61. The van der Waals surface area contributed by atoms with Gasteiger partial charge in [0.05, 0.1) is 11.7 Å². The SMILES string of the molecule is Cc1n[nH]c(C)c1C1CCCN1C(=O)COc1ccc2c(c1)CCC(=O)N2. The van der Waals surface area contributed by atoms with Crippen molar-refractivity contribution in [2.45, 2.75) is 45.6 Å². The lowest BCUT2D eigenvalue weighted by atomic mass is 10.0. The number of hydrogen-bond donors (Lipinski definition) is 2. The van der Waals surface area contributed by atoms with Gasteiger partial charge in [0, 0.05) is 29.9 Å². The number of aromatic nitrogens is 2. The van der Waals surface area contributed by atoms with Crippen molar-refractivity contribution in [3.63, 3.8) is 0 Å². The number of H-pyrrole nitrogens is 1. The monoisotopic (exact) mass is 368 g/mol. The minimum Gasteiger partial charge on any atom is -0.484 e. The number of carbonyl (C=O) groups is 2. The number of rotatable bonds is 4. The number of amides is 2. The molecule has 2 N–H and O–H groups in total. The summed E-state index contributed by atoms with van der Waals surface area (Å²) in [7, 11) is 0. The van der Waals surface area contributed by atoms with Crippen molar-refractivity contribution in [1.82, 2.24) is 15.1 Å². The average Bonchev–Trinajstić information content (AvgIpc) is 3.25. The fourth-order valence-corrected chi connectivity index (χ4v) is 4.09. The van der Waals surface area contributed by atoms with Gasteiger partial charge in [-0.1, -0.05) is 0 Å². The third-order valence-electron chi connectivity index (χ3n) is 5.43. The zero-order valence-corrected chi connectivity index (χ0v) is 15.7. The standard InChI is InChI=1S/C20H24N4O3/c1-12-20(13(2)23-22-12)17-4-3-9-24(17)19(26)11-27-15-6-7-16-14(10-15)5-8-18(25)21-16/h6-7,10,17H,3-5,8-9,11H2,1-2H3,(H,21,25)(H,22,23). The lowest BCUT2D eigenvalue weighted by Crippen LogP contribution is -2.34. The van der Waals surface area contributed by atoms with Gasteiger partial charge >= 0.3 is 0 Å². The van der Waals surface area contributed by atoms with Gasteiger partial charge in [-0.3, -0.25) is 14.7 Å². The molecule has 0 radical (unpaired) electrons. The van der Waals surface area contributed by atoms with Gasteiger partial charge in [-0.15, -0.1) is 0 Å². The molecule has 3 heterocycles. The van der Waals surface area contributed by atoms with Gasteiger partial charge in [-0.05, 0) is 56.9 Å². The van der Waals surface area contributed by atoms with Crippen LogP contribution in [0.4, 0.5) is 5.69 Å². The summed E-state index contributed by atoms with van der Waals surface area (Å²) in [5, 5.41) is 10.1. The number of anilines is 1. The molecule has 2 aliphatic heterocycles. The van der Waals surface area contributed by atoms with E-state index in [4.69, 9.17) is 4.74 Å². The van der Waals surface area contributed by atoms with E-state index in [1.165, 1.54) is 0 Å². The summed E-state index contributed by atoms with van der Waals surface area (Å²) >= 11 is 0. The third-order valence-corrected chi connectivity index (χ3v) is 5.43. The number of aryl methyl sites for hydroxylation is 3. The Morgan fingerprint density at radius 3 is 2.96 bits per heavy atom. The van der Waals surface area contributed by atoms with Gasteiger partial charge in [0.25, 0.3) is 5.91 Å². The molecular weight excluding hydrogens is 344 g/mol. The maximum Gasteiger partial charge on any atom is 0.261 e. The van der Waals surface area contributed by atoms with Crippen molar-refractivity contribution in [2.75, 3.05) is 18.5 Å². The van der Waals surface area contributed by atoms with Gasteiger partial charge in [-0.25, -0.2) is 0 Å². The summed E-state index contributed by atoms with van der Waals surface area (Å²) in [6.07, 6.45) is 3.11. The molecule has 27 heavy (non-hydrogen) atoms. The molecule has 1 saturated heterocycles. The Morgan fingerprint density at radius 1 is 1.33 bits per heavy atom. The largest absolute Gasteiger partial charge is 0.484 e. The summed E-state index contributed by atoms with van der Waals surface area (Å²) in [5.41, 5.74) is 4.98. The second-order valence-electron chi connectivity index (χ2n) is 7.25. The minimum absolute atomic E-state index is 0.0106. The van der Waals surface area contributed by atoms with Crippen molar-refractivity contribution in [2.24, 2.45) is 0 Å². The van der Waals surface area contributed by atoms with Crippen molar-refractivity contribution in [3.8, 4) is 5.75 Å². The van der Waals surface area contributed by atoms with Gasteiger partial charge in [-0.2, -0.15) is 5.10 Å². The first-order valence-electron chi connectivity index (χ1n) is 9.39. The molecule has 142 valence electrons. The zero-order valence-electron chi connectivity index (χ0n) is 15.7. The Labute approximate surface area is 158 Å². The number of carbonyl (C=O) groups excluding carboxylic acids is 2. The van der Waals surface area contributed by atoms with Crippen molar-refractivity contribution < 1.29 is 14.3 Å². The van der Waals surface area contributed by atoms with Crippen LogP contribution < -0.4 is 10.1 Å². The maximum absolute atomic E-state index is 12.8. The molecule has 0 aliphatic carbocycles. The fraction of sp³-hybridized carbons (Fsp3) is 0.450. The topological polar surface area (TPSA) is 87.3 Å². The molecule has 7 heteroatoms. The van der Waals surface area contributed by atoms with E-state index in [0.717, 1.165) is 47.6 Å². The summed E-state index contributed by atoms with van der Waals surface area (Å²) in [4.78, 5) is 26.1. The van der Waals surface area contributed by atoms with Crippen LogP contribution in [0.5, 0.6) is 5.75 Å². The van der Waals surface area contributed by atoms with Gasteiger partial charge in [0.2, 0.25) is 5.91 Å². The number of hydrogen-bond acceptors (Lipinski definition) is 4. The van der Waals surface area contributed by atoms with Crippen LogP contribution in [-0.4, -0.2) is 40.1 Å². The second-order valence-corrected chi connectivity index (χ2v) is 7.25. The van der Waals surface area contributed by atoms with Gasteiger partial charge in [0.15, 0.2) is 6.61 Å². The molecule has 1 fully saturated rings. The molecule has 0 saturated carbocycles. The van der Waals surface area contributed by atoms with Crippen LogP contribution in [0.25, 0.3) is 0 Å². The highest BCUT2D eigenvalue weighted by molar-refractivity contribution is 5.94. The van der Waals surface area contributed by atoms with E-state index in [1.54, 1.807) is 6.07 Å². The van der Waals surface area contributed by atoms with Crippen molar-refractivity contribution in [3.05, 3.63) is 40.7 Å². The number of nitrogens with one attached hydrogen (secondary N) is 2. The minimum atomic E-state index is -0.0106. The molecule has 0 spiro atoms. The molecule has 0 bridgehead atoms. The summed E-state index contributed by atoms with van der Waals surface area (Å²) < 4.78 is 5.77. The van der Waals surface area contributed by atoms with Crippen LogP contribution in [0, 0.1) is 13.8 Å². The highest BCUT2D eigenvalue weighted by Gasteiger charge is 2.33. The van der Waals surface area contributed by atoms with Crippen LogP contribution in [0.2, 0.25) is 0 Å². The molecular formula is C20H24N4O3. The third kappa shape index (κ3) is 3.41. The summed E-state index contributed by atoms with van der Waals surface area (Å²) in [6.45, 7) is 4.73. The predicted octanol–water partition coefficient (Wildman–Crippen LogP) is 2.65. The quantitative estimate of drug-likeness (QED) is 0.868. The first kappa shape index (κ1) is 17.6. The molecule has 1 aromatic carbocycles. The molecule has 7 nitrogen and oxygen atoms in total. The van der Waals surface area contributed by atoms with Crippen LogP contribution in [0.3, 0.4) is 0 Å². The van der Waals surface area contributed by atoms with E-state index in [0.29, 0.717) is 18.6 Å². The average molecular weight is 368 g/mol. The predicted molar refractivity (Wildman–Crippen MR) is 101 cm³/mol. The van der Waals surface area contributed by atoms with Crippen LogP contribution in [-0.2, 0) is 16.0 Å². The van der Waals surface area contributed by atoms with E-state index in [9.17, 15) is 9.59 Å². The van der Waals surface area contributed by atoms with Gasteiger partial charge in [0.1, 0.15) is 5.75 Å². The summed E-state index contributed by atoms with van der Waals surface area (Å²) in [5.74, 6) is 0.685. The van der Waals surface area contributed by atoms with E-state index in [1.807, 2.05) is 30.9 Å². The smallest absolute Gasteiger partial charge is 0.261 e. The van der Waals surface area contributed by atoms with E-state index < -0.39 is 0 Å². The first-order chi connectivity index (χ1) is 13.0. The number of ether oxygens (including phenoxy) is 1. The molecule has 1 aromatic heterocycles. The van der Waals surface area contributed by atoms with E-state index >= 15 is 0 Å². The number of benzene rings is 1. The van der Waals surface area contributed by atoms with E-state index in [-0.39, 0.29) is 24.5 Å². The lowest BCUT2D eigenvalue weighted by molar-refractivity contribution is -0.134. The highest BCUT2D eigenvalue weighted by Crippen LogP contribution is 2.35. The normalized spacial score (nSPS) is 19.0. The molecule has 4 rings (SSSR count). The Balaban J connectivity index is 1.43. The van der Waals surface area contributed by atoms with Crippen LogP contribution >= 0.6 is 0 Å². The Hall–Kier alpha value is -2.83. The molecule has 1 unspecified atom stereocenters. The Bertz CT molecular complexity index is 870. The molecule has 2 aromatic rings. The second kappa shape index (κ2) is 7.06. The molecule has 2 aliphatic rings. The van der Waals surface area contributed by atoms with E-state index in [2.05, 4.69) is 15.5 Å². The number of aromatic amines is 1. The molecule has 1 atom stereocenters. The maximum atomic E-state index is 12.8.